The van der Waals surface area contributed by atoms with Crippen molar-refractivity contribution in [1.29, 1.82) is 0 Å². The summed E-state index contributed by atoms with van der Waals surface area (Å²) in [6, 6.07) is 8.07. The number of rotatable bonds is 6. The number of aromatic nitrogens is 1. The van der Waals surface area contributed by atoms with Gasteiger partial charge in [0.25, 0.3) is 0 Å². The molecule has 0 fully saturated rings. The predicted molar refractivity (Wildman–Crippen MR) is 89.4 cm³/mol. The van der Waals surface area contributed by atoms with Crippen LogP contribution >= 0.6 is 11.3 Å². The van der Waals surface area contributed by atoms with Gasteiger partial charge in [-0.2, -0.15) is 0 Å². The second-order valence-corrected chi connectivity index (χ2v) is 6.39. The van der Waals surface area contributed by atoms with E-state index in [1.165, 1.54) is 16.9 Å². The summed E-state index contributed by atoms with van der Waals surface area (Å²) in [6.07, 6.45) is 1.43. The molecule has 2 rings (SSSR count). The average Bonchev–Trinajstić information content (AvgIpc) is 2.79. The van der Waals surface area contributed by atoms with Crippen LogP contribution in [0.2, 0.25) is 0 Å². The van der Waals surface area contributed by atoms with Gasteiger partial charge in [0, 0.05) is 12.1 Å². The van der Waals surface area contributed by atoms with E-state index in [1.807, 2.05) is 32.0 Å². The van der Waals surface area contributed by atoms with Crippen LogP contribution < -0.4 is 11.1 Å². The van der Waals surface area contributed by atoms with Gasteiger partial charge >= 0.3 is 0 Å². The molecule has 21 heavy (non-hydrogen) atoms. The van der Waals surface area contributed by atoms with Gasteiger partial charge in [0.1, 0.15) is 10.7 Å². The first-order chi connectivity index (χ1) is 10.0. The van der Waals surface area contributed by atoms with Crippen molar-refractivity contribution >= 4 is 33.8 Å². The summed E-state index contributed by atoms with van der Waals surface area (Å²) in [7, 11) is 0. The number of nitrogens with zero attached hydrogens (tertiary/aromatic N) is 1. The van der Waals surface area contributed by atoms with E-state index < -0.39 is 0 Å². The number of ketones is 1. The standard InChI is InChI=1S/C16H21N3OS/c1-4-11-7-5-6-8-12(11)18-16-19-15(17)14(21-16)13(20)9-10(2)3/h5-8,10H,4,9,17H2,1-3H3,(H,18,19). The molecule has 1 aromatic heterocycles. The molecular weight excluding hydrogens is 282 g/mol. The highest BCUT2D eigenvalue weighted by molar-refractivity contribution is 7.18. The number of anilines is 3. The minimum atomic E-state index is 0.0665. The fourth-order valence-electron chi connectivity index (χ4n) is 2.11. The summed E-state index contributed by atoms with van der Waals surface area (Å²) >= 11 is 1.33. The highest BCUT2D eigenvalue weighted by Crippen LogP contribution is 2.30. The maximum absolute atomic E-state index is 12.1. The molecule has 0 amide bonds. The van der Waals surface area contributed by atoms with E-state index in [9.17, 15) is 4.79 Å². The molecule has 0 saturated heterocycles. The third-order valence-corrected chi connectivity index (χ3v) is 4.17. The lowest BCUT2D eigenvalue weighted by atomic mass is 10.1. The Labute approximate surface area is 129 Å². The van der Waals surface area contributed by atoms with Crippen LogP contribution in [0.1, 0.15) is 42.4 Å². The van der Waals surface area contributed by atoms with Crippen LogP contribution in [0.25, 0.3) is 0 Å². The van der Waals surface area contributed by atoms with Gasteiger partial charge in [0.05, 0.1) is 0 Å². The van der Waals surface area contributed by atoms with Crippen LogP contribution in [-0.4, -0.2) is 10.8 Å². The van der Waals surface area contributed by atoms with Crippen molar-refractivity contribution in [2.24, 2.45) is 5.92 Å². The van der Waals surface area contributed by atoms with E-state index in [2.05, 4.69) is 23.3 Å². The Morgan fingerprint density at radius 2 is 2.10 bits per heavy atom. The zero-order valence-corrected chi connectivity index (χ0v) is 13.5. The fraction of sp³-hybridized carbons (Fsp3) is 0.375. The van der Waals surface area contributed by atoms with Gasteiger partial charge in [-0.3, -0.25) is 4.79 Å². The number of benzene rings is 1. The van der Waals surface area contributed by atoms with Crippen LogP contribution in [0.4, 0.5) is 16.6 Å². The fourth-order valence-corrected chi connectivity index (χ4v) is 2.96. The molecule has 0 saturated carbocycles. The molecule has 4 nitrogen and oxygen atoms in total. The van der Waals surface area contributed by atoms with E-state index in [1.54, 1.807) is 0 Å². The van der Waals surface area contributed by atoms with E-state index in [4.69, 9.17) is 5.73 Å². The largest absolute Gasteiger partial charge is 0.382 e. The molecule has 5 heteroatoms. The maximum Gasteiger partial charge on any atom is 0.189 e. The minimum absolute atomic E-state index is 0.0665. The number of aryl methyl sites for hydroxylation is 1. The molecule has 0 radical (unpaired) electrons. The normalized spacial score (nSPS) is 10.9. The van der Waals surface area contributed by atoms with Crippen molar-refractivity contribution in [1.82, 2.24) is 4.98 Å². The van der Waals surface area contributed by atoms with Gasteiger partial charge in [-0.1, -0.05) is 50.3 Å². The first-order valence-electron chi connectivity index (χ1n) is 7.15. The molecule has 2 aromatic rings. The number of para-hydroxylation sites is 1. The summed E-state index contributed by atoms with van der Waals surface area (Å²) in [6.45, 7) is 6.14. The van der Waals surface area contributed by atoms with Crippen molar-refractivity contribution < 1.29 is 4.79 Å². The number of nitrogens with two attached hydrogens (primary N) is 1. The minimum Gasteiger partial charge on any atom is -0.382 e. The van der Waals surface area contributed by atoms with E-state index in [0.29, 0.717) is 28.2 Å². The lowest BCUT2D eigenvalue weighted by molar-refractivity contribution is 0.0972. The number of nitrogens with one attached hydrogen (secondary N) is 1. The Morgan fingerprint density at radius 3 is 2.76 bits per heavy atom. The Balaban J connectivity index is 2.21. The van der Waals surface area contributed by atoms with Gasteiger partial charge in [-0.25, -0.2) is 4.98 Å². The average molecular weight is 303 g/mol. The molecule has 0 aliphatic carbocycles. The second kappa shape index (κ2) is 6.72. The Hall–Kier alpha value is -1.88. The molecule has 112 valence electrons. The summed E-state index contributed by atoms with van der Waals surface area (Å²) in [5, 5.41) is 3.94. The van der Waals surface area contributed by atoms with Crippen LogP contribution in [0.3, 0.4) is 0 Å². The molecule has 0 aliphatic rings. The lowest BCUT2D eigenvalue weighted by Gasteiger charge is -2.07. The highest BCUT2D eigenvalue weighted by Gasteiger charge is 2.17. The number of hydrogen-bond acceptors (Lipinski definition) is 5. The summed E-state index contributed by atoms with van der Waals surface area (Å²) < 4.78 is 0. The van der Waals surface area contributed by atoms with E-state index in [0.717, 1.165) is 12.1 Å². The first kappa shape index (κ1) is 15.5. The molecule has 0 aliphatic heterocycles. The Kier molecular flexibility index (Phi) is 4.96. The van der Waals surface area contributed by atoms with Crippen molar-refractivity contribution in [2.75, 3.05) is 11.1 Å². The monoisotopic (exact) mass is 303 g/mol. The number of carbonyl (C=O) groups excluding carboxylic acids is 1. The first-order valence-corrected chi connectivity index (χ1v) is 7.97. The zero-order chi connectivity index (χ0) is 15.4. The zero-order valence-electron chi connectivity index (χ0n) is 12.6. The highest BCUT2D eigenvalue weighted by atomic mass is 32.1. The number of nitrogen functional groups attached to an aromatic ring is 1. The summed E-state index contributed by atoms with van der Waals surface area (Å²) in [5.74, 6) is 0.704. The Bertz CT molecular complexity index is 634. The summed E-state index contributed by atoms with van der Waals surface area (Å²) in [5.41, 5.74) is 8.10. The van der Waals surface area contributed by atoms with Gasteiger partial charge in [0.15, 0.2) is 10.9 Å². The van der Waals surface area contributed by atoms with E-state index >= 15 is 0 Å². The third kappa shape index (κ3) is 3.82. The van der Waals surface area contributed by atoms with Gasteiger partial charge < -0.3 is 11.1 Å². The van der Waals surface area contributed by atoms with Crippen LogP contribution in [-0.2, 0) is 6.42 Å². The molecular formula is C16H21N3OS. The van der Waals surface area contributed by atoms with Crippen molar-refractivity contribution in [2.45, 2.75) is 33.6 Å². The van der Waals surface area contributed by atoms with E-state index in [-0.39, 0.29) is 5.78 Å². The van der Waals surface area contributed by atoms with Crippen LogP contribution in [0.15, 0.2) is 24.3 Å². The molecule has 1 aromatic carbocycles. The number of carbonyl (C=O) groups is 1. The molecule has 0 unspecified atom stereocenters. The summed E-state index contributed by atoms with van der Waals surface area (Å²) in [4.78, 5) is 17.0. The lowest BCUT2D eigenvalue weighted by Crippen LogP contribution is -2.04. The predicted octanol–water partition coefficient (Wildman–Crippen LogP) is 4.26. The number of Topliss-reactive ketones (excluding diaryl/α,β-unsaturated/α-hetero) is 1. The third-order valence-electron chi connectivity index (χ3n) is 3.14. The molecule has 3 N–H and O–H groups in total. The number of thiazole rings is 1. The van der Waals surface area contributed by atoms with Crippen molar-refractivity contribution in [3.05, 3.63) is 34.7 Å². The molecule has 0 spiro atoms. The second-order valence-electron chi connectivity index (χ2n) is 5.39. The SMILES string of the molecule is CCc1ccccc1Nc1nc(N)c(C(=O)CC(C)C)s1. The van der Waals surface area contributed by atoms with Gasteiger partial charge in [-0.05, 0) is 24.0 Å². The van der Waals surface area contributed by atoms with Crippen LogP contribution in [0, 0.1) is 5.92 Å². The molecule has 0 atom stereocenters. The number of hydrogen-bond donors (Lipinski definition) is 2. The quantitative estimate of drug-likeness (QED) is 0.782. The maximum atomic E-state index is 12.1. The Morgan fingerprint density at radius 1 is 1.38 bits per heavy atom. The van der Waals surface area contributed by atoms with Crippen molar-refractivity contribution in [3.63, 3.8) is 0 Å². The van der Waals surface area contributed by atoms with Gasteiger partial charge in [-0.15, -0.1) is 0 Å². The topological polar surface area (TPSA) is 68.0 Å². The van der Waals surface area contributed by atoms with Gasteiger partial charge in [0.2, 0.25) is 0 Å². The van der Waals surface area contributed by atoms with Crippen LogP contribution in [0.5, 0.6) is 0 Å². The van der Waals surface area contributed by atoms with Crippen molar-refractivity contribution in [3.8, 4) is 0 Å². The molecule has 1 heterocycles. The smallest absolute Gasteiger partial charge is 0.189 e. The molecule has 0 bridgehead atoms.